The van der Waals surface area contributed by atoms with Gasteiger partial charge in [-0.25, -0.2) is 4.39 Å². The molecule has 0 bridgehead atoms. The molecule has 0 unspecified atom stereocenters. The van der Waals surface area contributed by atoms with E-state index in [1.807, 2.05) is 13.8 Å². The molecule has 0 fully saturated rings. The molecule has 2 rings (SSSR count). The van der Waals surface area contributed by atoms with Crippen molar-refractivity contribution in [1.29, 1.82) is 0 Å². The van der Waals surface area contributed by atoms with Gasteiger partial charge in [-0.05, 0) is 37.6 Å². The zero-order valence-electron chi connectivity index (χ0n) is 11.5. The molecule has 1 amide bonds. The summed E-state index contributed by atoms with van der Waals surface area (Å²) in [7, 11) is 0. The summed E-state index contributed by atoms with van der Waals surface area (Å²) in [5.74, 6) is -0.641. The molecule has 0 aliphatic heterocycles. The fraction of sp³-hybridized carbons (Fsp3) is 0.286. The first-order chi connectivity index (χ1) is 9.58. The number of hydrogen-bond donors (Lipinski definition) is 2. The van der Waals surface area contributed by atoms with Crippen molar-refractivity contribution in [1.82, 2.24) is 10.2 Å². The van der Waals surface area contributed by atoms with Crippen LogP contribution in [0.1, 0.15) is 30.0 Å². The van der Waals surface area contributed by atoms with Crippen LogP contribution in [-0.4, -0.2) is 22.6 Å². The average molecular weight is 276 g/mol. The highest BCUT2D eigenvalue weighted by atomic mass is 19.1. The molecule has 0 aliphatic rings. The molecule has 0 aliphatic carbocycles. The maximum absolute atomic E-state index is 13.0. The summed E-state index contributed by atoms with van der Waals surface area (Å²) >= 11 is 0. The summed E-state index contributed by atoms with van der Waals surface area (Å²) in [5.41, 5.74) is 7.83. The van der Waals surface area contributed by atoms with Gasteiger partial charge in [-0.1, -0.05) is 6.92 Å². The number of H-pyrrole nitrogens is 1. The summed E-state index contributed by atoms with van der Waals surface area (Å²) in [4.78, 5) is 14.0. The van der Waals surface area contributed by atoms with Crippen LogP contribution in [0.5, 0.6) is 0 Å². The SMILES string of the molecule is CCc1[nH]nc(C(=O)N(CC)c2ccc(F)cc2)c1N. The van der Waals surface area contributed by atoms with Crippen LogP contribution in [0, 0.1) is 5.82 Å². The van der Waals surface area contributed by atoms with Crippen LogP contribution in [0.25, 0.3) is 0 Å². The van der Waals surface area contributed by atoms with Crippen molar-refractivity contribution in [2.45, 2.75) is 20.3 Å². The minimum absolute atomic E-state index is 0.202. The van der Waals surface area contributed by atoms with Crippen LogP contribution in [0.3, 0.4) is 0 Å². The summed E-state index contributed by atoms with van der Waals surface area (Å²) in [5, 5.41) is 6.74. The second kappa shape index (κ2) is 5.73. The van der Waals surface area contributed by atoms with Crippen LogP contribution in [-0.2, 0) is 6.42 Å². The van der Waals surface area contributed by atoms with Crippen LogP contribution >= 0.6 is 0 Å². The van der Waals surface area contributed by atoms with Gasteiger partial charge in [0.1, 0.15) is 5.82 Å². The molecule has 0 radical (unpaired) electrons. The van der Waals surface area contributed by atoms with Gasteiger partial charge in [-0.3, -0.25) is 9.89 Å². The minimum atomic E-state index is -0.343. The van der Waals surface area contributed by atoms with Gasteiger partial charge >= 0.3 is 0 Å². The van der Waals surface area contributed by atoms with Gasteiger partial charge in [-0.2, -0.15) is 5.10 Å². The van der Waals surface area contributed by atoms with Crippen LogP contribution in [0.15, 0.2) is 24.3 Å². The molecule has 6 heteroatoms. The third-order valence-electron chi connectivity index (χ3n) is 3.14. The first-order valence-corrected chi connectivity index (χ1v) is 6.48. The van der Waals surface area contributed by atoms with Gasteiger partial charge < -0.3 is 10.6 Å². The molecule has 2 aromatic rings. The third kappa shape index (κ3) is 2.49. The maximum atomic E-state index is 13.0. The number of carbonyl (C=O) groups excluding carboxylic acids is 1. The zero-order valence-corrected chi connectivity index (χ0v) is 11.5. The minimum Gasteiger partial charge on any atom is -0.395 e. The van der Waals surface area contributed by atoms with Gasteiger partial charge in [0.2, 0.25) is 0 Å². The molecule has 0 spiro atoms. The summed E-state index contributed by atoms with van der Waals surface area (Å²) in [6.07, 6.45) is 0.675. The van der Waals surface area contributed by atoms with Crippen LogP contribution < -0.4 is 10.6 Å². The van der Waals surface area contributed by atoms with Crippen molar-refractivity contribution < 1.29 is 9.18 Å². The molecule has 1 aromatic carbocycles. The number of nitrogen functional groups attached to an aromatic ring is 1. The smallest absolute Gasteiger partial charge is 0.280 e. The Labute approximate surface area is 116 Å². The fourth-order valence-electron chi connectivity index (χ4n) is 2.01. The average Bonchev–Trinajstić information content (AvgIpc) is 2.82. The monoisotopic (exact) mass is 276 g/mol. The van der Waals surface area contributed by atoms with E-state index in [2.05, 4.69) is 10.2 Å². The molecule has 0 saturated carbocycles. The quantitative estimate of drug-likeness (QED) is 0.900. The normalized spacial score (nSPS) is 10.6. The number of halogens is 1. The van der Waals surface area contributed by atoms with Crippen molar-refractivity contribution in [3.63, 3.8) is 0 Å². The lowest BCUT2D eigenvalue weighted by molar-refractivity contribution is 0.0984. The lowest BCUT2D eigenvalue weighted by Crippen LogP contribution is -2.31. The molecule has 3 N–H and O–H groups in total. The largest absolute Gasteiger partial charge is 0.395 e. The number of benzene rings is 1. The summed E-state index contributed by atoms with van der Waals surface area (Å²) in [6.45, 7) is 4.21. The molecule has 5 nitrogen and oxygen atoms in total. The van der Waals surface area contributed by atoms with E-state index in [9.17, 15) is 9.18 Å². The Bertz CT molecular complexity index is 606. The molecule has 20 heavy (non-hydrogen) atoms. The van der Waals surface area contributed by atoms with E-state index < -0.39 is 0 Å². The van der Waals surface area contributed by atoms with Gasteiger partial charge in [0.05, 0.1) is 11.4 Å². The van der Waals surface area contributed by atoms with Crippen molar-refractivity contribution in [2.24, 2.45) is 0 Å². The van der Waals surface area contributed by atoms with Gasteiger partial charge in [-0.15, -0.1) is 0 Å². The first kappa shape index (κ1) is 14.0. The highest BCUT2D eigenvalue weighted by Gasteiger charge is 2.22. The number of aryl methyl sites for hydroxylation is 1. The molecular weight excluding hydrogens is 259 g/mol. The topological polar surface area (TPSA) is 75.0 Å². The predicted molar refractivity (Wildman–Crippen MR) is 76.1 cm³/mol. The van der Waals surface area contributed by atoms with Crippen molar-refractivity contribution in [2.75, 3.05) is 17.2 Å². The number of aromatic amines is 1. The van der Waals surface area contributed by atoms with Gasteiger partial charge in [0, 0.05) is 12.2 Å². The standard InChI is InChI=1S/C14H17FN4O/c1-3-11-12(16)13(18-17-11)14(20)19(4-2)10-7-5-9(15)6-8-10/h5-8H,3-4,16H2,1-2H3,(H,17,18). The highest BCUT2D eigenvalue weighted by Crippen LogP contribution is 2.21. The second-order valence-electron chi connectivity index (χ2n) is 4.34. The predicted octanol–water partition coefficient (Wildman–Crippen LogP) is 2.36. The molecule has 1 aromatic heterocycles. The Morgan fingerprint density at radius 3 is 2.50 bits per heavy atom. The van der Waals surface area contributed by atoms with Crippen LogP contribution in [0.2, 0.25) is 0 Å². The Morgan fingerprint density at radius 2 is 2.00 bits per heavy atom. The van der Waals surface area contributed by atoms with E-state index in [0.717, 1.165) is 5.69 Å². The Hall–Kier alpha value is -2.37. The maximum Gasteiger partial charge on any atom is 0.280 e. The number of nitrogens with one attached hydrogen (secondary N) is 1. The molecule has 0 saturated heterocycles. The van der Waals surface area contributed by atoms with Crippen molar-refractivity contribution >= 4 is 17.3 Å². The number of hydrogen-bond acceptors (Lipinski definition) is 3. The first-order valence-electron chi connectivity index (χ1n) is 6.48. The van der Waals surface area contributed by atoms with E-state index in [1.165, 1.54) is 17.0 Å². The number of amides is 1. The Kier molecular flexibility index (Phi) is 4.02. The van der Waals surface area contributed by atoms with E-state index in [-0.39, 0.29) is 17.4 Å². The van der Waals surface area contributed by atoms with E-state index >= 15 is 0 Å². The Morgan fingerprint density at radius 1 is 1.35 bits per heavy atom. The number of nitrogens with two attached hydrogens (primary N) is 1. The number of carbonyl (C=O) groups is 1. The van der Waals surface area contributed by atoms with Gasteiger partial charge in [0.15, 0.2) is 5.69 Å². The van der Waals surface area contributed by atoms with Crippen molar-refractivity contribution in [3.8, 4) is 0 Å². The highest BCUT2D eigenvalue weighted by molar-refractivity contribution is 6.08. The fourth-order valence-corrected chi connectivity index (χ4v) is 2.01. The van der Waals surface area contributed by atoms with E-state index in [4.69, 9.17) is 5.73 Å². The molecule has 1 heterocycles. The molecule has 106 valence electrons. The van der Waals surface area contributed by atoms with E-state index in [0.29, 0.717) is 24.3 Å². The number of anilines is 2. The molecular formula is C14H17FN4O. The van der Waals surface area contributed by atoms with Gasteiger partial charge in [0.25, 0.3) is 5.91 Å². The number of aromatic nitrogens is 2. The summed E-state index contributed by atoms with van der Waals surface area (Å²) < 4.78 is 13.0. The third-order valence-corrected chi connectivity index (χ3v) is 3.14. The lowest BCUT2D eigenvalue weighted by atomic mass is 10.2. The van der Waals surface area contributed by atoms with Crippen LogP contribution in [0.4, 0.5) is 15.8 Å². The second-order valence-corrected chi connectivity index (χ2v) is 4.34. The summed E-state index contributed by atoms with van der Waals surface area (Å²) in [6, 6.07) is 5.74. The Balaban J connectivity index is 2.33. The zero-order chi connectivity index (χ0) is 14.7. The van der Waals surface area contributed by atoms with E-state index in [1.54, 1.807) is 12.1 Å². The van der Waals surface area contributed by atoms with Crippen molar-refractivity contribution in [3.05, 3.63) is 41.5 Å². The molecule has 0 atom stereocenters. The number of nitrogens with zero attached hydrogens (tertiary/aromatic N) is 2. The lowest BCUT2D eigenvalue weighted by Gasteiger charge is -2.20. The number of rotatable bonds is 4.